The van der Waals surface area contributed by atoms with E-state index in [1.54, 1.807) is 17.0 Å². The predicted octanol–water partition coefficient (Wildman–Crippen LogP) is 5.02. The fraction of sp³-hybridized carbons (Fsp3) is 0.429. The molecule has 198 valence electrons. The van der Waals surface area contributed by atoms with E-state index in [0.717, 1.165) is 69.2 Å². The van der Waals surface area contributed by atoms with Crippen molar-refractivity contribution in [3.8, 4) is 0 Å². The van der Waals surface area contributed by atoms with Crippen molar-refractivity contribution in [2.45, 2.75) is 70.0 Å². The fourth-order valence-electron chi connectivity index (χ4n) is 6.08. The van der Waals surface area contributed by atoms with Crippen LogP contribution in [0.1, 0.15) is 79.2 Å². The molecule has 1 aromatic carbocycles. The van der Waals surface area contributed by atoms with E-state index in [1.165, 1.54) is 12.1 Å². The van der Waals surface area contributed by atoms with Gasteiger partial charge in [0.1, 0.15) is 23.8 Å². The number of carbonyl (C=O) groups is 1. The Labute approximate surface area is 219 Å². The van der Waals surface area contributed by atoms with Gasteiger partial charge in [0.25, 0.3) is 5.91 Å². The van der Waals surface area contributed by atoms with Gasteiger partial charge in [-0.15, -0.1) is 0 Å². The summed E-state index contributed by atoms with van der Waals surface area (Å²) in [4.78, 5) is 19.8. The lowest BCUT2D eigenvalue weighted by molar-refractivity contribution is 0.0927. The van der Waals surface area contributed by atoms with Crippen molar-refractivity contribution >= 4 is 17.1 Å². The number of benzene rings is 1. The number of aromatic nitrogens is 5. The van der Waals surface area contributed by atoms with Crippen LogP contribution in [0.3, 0.4) is 0 Å². The highest BCUT2D eigenvalue weighted by Gasteiger charge is 2.30. The largest absolute Gasteiger partial charge is 0.364 e. The number of amides is 1. The molecule has 1 N–H and O–H groups in total. The van der Waals surface area contributed by atoms with E-state index in [2.05, 4.69) is 32.3 Å². The lowest BCUT2D eigenvalue weighted by Crippen LogP contribution is -2.37. The first-order valence-electron chi connectivity index (χ1n) is 13.4. The summed E-state index contributed by atoms with van der Waals surface area (Å²) in [7, 11) is 0. The van der Waals surface area contributed by atoms with Crippen LogP contribution in [0.4, 0.5) is 14.5 Å². The smallest absolute Gasteiger partial charge is 0.255 e. The van der Waals surface area contributed by atoms with Crippen molar-refractivity contribution in [2.24, 2.45) is 0 Å². The molecule has 4 heterocycles. The number of halogens is 2. The zero-order valence-electron chi connectivity index (χ0n) is 21.4. The van der Waals surface area contributed by atoms with Crippen LogP contribution < -0.4 is 10.2 Å². The minimum atomic E-state index is -0.445. The maximum atomic E-state index is 14.6. The summed E-state index contributed by atoms with van der Waals surface area (Å²) in [5, 5.41) is 11.9. The van der Waals surface area contributed by atoms with E-state index in [0.29, 0.717) is 22.6 Å². The zero-order chi connectivity index (χ0) is 26.2. The average Bonchev–Trinajstić information content (AvgIpc) is 3.69. The topological polar surface area (TPSA) is 80.3 Å². The van der Waals surface area contributed by atoms with Crippen LogP contribution in [0.25, 0.3) is 5.52 Å². The Balaban J connectivity index is 1.18. The molecule has 4 aromatic rings. The van der Waals surface area contributed by atoms with E-state index < -0.39 is 11.6 Å². The van der Waals surface area contributed by atoms with Gasteiger partial charge in [-0.05, 0) is 75.8 Å². The van der Waals surface area contributed by atoms with E-state index in [1.807, 2.05) is 23.0 Å². The first kappa shape index (κ1) is 24.5. The minimum Gasteiger partial charge on any atom is -0.364 e. The van der Waals surface area contributed by atoms with Gasteiger partial charge in [-0.25, -0.2) is 18.3 Å². The molecule has 1 aliphatic heterocycles. The molecule has 8 nitrogen and oxygen atoms in total. The van der Waals surface area contributed by atoms with Crippen molar-refractivity contribution in [1.29, 1.82) is 0 Å². The fourth-order valence-corrected chi connectivity index (χ4v) is 6.08. The lowest BCUT2D eigenvalue weighted by Gasteiger charge is -2.29. The van der Waals surface area contributed by atoms with Gasteiger partial charge in [0.2, 0.25) is 0 Å². The Bertz CT molecular complexity index is 1460. The van der Waals surface area contributed by atoms with Gasteiger partial charge < -0.3 is 10.2 Å². The van der Waals surface area contributed by atoms with Crippen molar-refractivity contribution in [1.82, 2.24) is 29.7 Å². The number of rotatable bonds is 6. The molecule has 0 spiro atoms. The van der Waals surface area contributed by atoms with E-state index in [4.69, 9.17) is 0 Å². The Hall–Kier alpha value is -3.82. The SMILES string of the molecule is CCn1ncnc1C1CCC(NC(=O)c2cnn3ccc(N4CCCC4c4cc(F)ccc4F)cc23)CC1. The Morgan fingerprint density at radius 2 is 1.92 bits per heavy atom. The molecule has 10 heteroatoms. The van der Waals surface area contributed by atoms with Crippen LogP contribution >= 0.6 is 0 Å². The molecule has 3 aromatic heterocycles. The summed E-state index contributed by atoms with van der Waals surface area (Å²) in [5.41, 5.74) is 2.42. The molecule has 1 unspecified atom stereocenters. The van der Waals surface area contributed by atoms with Crippen LogP contribution in [0.15, 0.2) is 49.1 Å². The van der Waals surface area contributed by atoms with E-state index >= 15 is 0 Å². The van der Waals surface area contributed by atoms with Crippen LogP contribution in [-0.2, 0) is 6.54 Å². The highest BCUT2D eigenvalue weighted by molar-refractivity contribution is 6.01. The first-order chi connectivity index (χ1) is 18.5. The molecule has 6 rings (SSSR count). The second-order valence-electron chi connectivity index (χ2n) is 10.2. The summed E-state index contributed by atoms with van der Waals surface area (Å²) >= 11 is 0. The molecule has 0 radical (unpaired) electrons. The summed E-state index contributed by atoms with van der Waals surface area (Å²) < 4.78 is 32.1. The maximum Gasteiger partial charge on any atom is 0.255 e. The maximum absolute atomic E-state index is 14.6. The van der Waals surface area contributed by atoms with Crippen molar-refractivity contribution in [3.63, 3.8) is 0 Å². The van der Waals surface area contributed by atoms with Gasteiger partial charge in [-0.1, -0.05) is 0 Å². The molecule has 1 amide bonds. The van der Waals surface area contributed by atoms with Gasteiger partial charge in [-0.3, -0.25) is 9.48 Å². The van der Waals surface area contributed by atoms with Crippen LogP contribution in [-0.4, -0.2) is 42.9 Å². The summed E-state index contributed by atoms with van der Waals surface area (Å²) in [5.74, 6) is 0.400. The number of hydrogen-bond acceptors (Lipinski definition) is 5. The number of hydrogen-bond donors (Lipinski definition) is 1. The average molecular weight is 520 g/mol. The molecule has 1 aliphatic carbocycles. The van der Waals surface area contributed by atoms with Gasteiger partial charge in [0.15, 0.2) is 0 Å². The standard InChI is InChI=1S/C28H31F2N7O/c1-2-36-27(31-17-33-36)18-5-8-20(9-6-18)34-28(38)23-16-32-37-13-11-21(15-26(23)37)35-12-3-4-25(35)22-14-19(29)7-10-24(22)30/h7,10-11,13-18,20,25H,2-6,8-9,12H2,1H3,(H,34,38). The third kappa shape index (κ3) is 4.52. The number of aryl methyl sites for hydroxylation is 1. The normalized spacial score (nSPS) is 21.8. The number of anilines is 1. The minimum absolute atomic E-state index is 0.0915. The summed E-state index contributed by atoms with van der Waals surface area (Å²) in [6.45, 7) is 3.59. The molecular formula is C28H31F2N7O. The van der Waals surface area contributed by atoms with Gasteiger partial charge in [0.05, 0.1) is 23.3 Å². The molecule has 2 aliphatic rings. The highest BCUT2D eigenvalue weighted by atomic mass is 19.1. The molecule has 1 atom stereocenters. The molecule has 38 heavy (non-hydrogen) atoms. The van der Waals surface area contributed by atoms with Gasteiger partial charge in [-0.2, -0.15) is 10.2 Å². The second kappa shape index (κ2) is 10.2. The second-order valence-corrected chi connectivity index (χ2v) is 10.2. The van der Waals surface area contributed by atoms with E-state index in [9.17, 15) is 13.6 Å². The van der Waals surface area contributed by atoms with Crippen LogP contribution in [0.2, 0.25) is 0 Å². The third-order valence-corrected chi connectivity index (χ3v) is 8.02. The van der Waals surface area contributed by atoms with Gasteiger partial charge in [0, 0.05) is 42.5 Å². The highest BCUT2D eigenvalue weighted by Crippen LogP contribution is 2.38. The predicted molar refractivity (Wildman–Crippen MR) is 139 cm³/mol. The zero-order valence-corrected chi connectivity index (χ0v) is 21.4. The van der Waals surface area contributed by atoms with Crippen LogP contribution in [0, 0.1) is 11.6 Å². The Kier molecular flexibility index (Phi) is 6.55. The molecule has 1 saturated carbocycles. The van der Waals surface area contributed by atoms with Crippen molar-refractivity contribution in [2.75, 3.05) is 11.4 Å². The van der Waals surface area contributed by atoms with E-state index in [-0.39, 0.29) is 18.0 Å². The number of nitrogens with zero attached hydrogens (tertiary/aromatic N) is 6. The summed E-state index contributed by atoms with van der Waals surface area (Å²) in [6, 6.07) is 7.28. The monoisotopic (exact) mass is 519 g/mol. The van der Waals surface area contributed by atoms with Crippen molar-refractivity contribution < 1.29 is 13.6 Å². The Morgan fingerprint density at radius 3 is 2.74 bits per heavy atom. The quantitative estimate of drug-likeness (QED) is 0.387. The molecular weight excluding hydrogens is 488 g/mol. The van der Waals surface area contributed by atoms with Crippen molar-refractivity contribution in [3.05, 3.63) is 77.6 Å². The number of nitrogens with one attached hydrogen (secondary N) is 1. The molecule has 0 bridgehead atoms. The number of fused-ring (bicyclic) bond motifs is 1. The molecule has 1 saturated heterocycles. The number of pyridine rings is 1. The summed E-state index contributed by atoms with van der Waals surface area (Å²) in [6.07, 6.45) is 10.3. The van der Waals surface area contributed by atoms with Gasteiger partial charge >= 0.3 is 0 Å². The Morgan fingerprint density at radius 1 is 1.08 bits per heavy atom. The van der Waals surface area contributed by atoms with Crippen LogP contribution in [0.5, 0.6) is 0 Å². The lowest BCUT2D eigenvalue weighted by atomic mass is 9.85. The first-order valence-corrected chi connectivity index (χ1v) is 13.4. The molecule has 2 fully saturated rings. The third-order valence-electron chi connectivity index (χ3n) is 8.02. The number of carbonyl (C=O) groups excluding carboxylic acids is 1.